The van der Waals surface area contributed by atoms with Crippen LogP contribution in [0.4, 0.5) is 0 Å². The molecule has 0 spiro atoms. The van der Waals surface area contributed by atoms with Crippen LogP contribution in [0.2, 0.25) is 0 Å². The van der Waals surface area contributed by atoms with Crippen molar-refractivity contribution in [1.82, 2.24) is 0 Å². The molecule has 0 aliphatic carbocycles. The van der Waals surface area contributed by atoms with Crippen molar-refractivity contribution in [2.24, 2.45) is 11.5 Å². The van der Waals surface area contributed by atoms with Crippen LogP contribution < -0.4 is 21.7 Å². The van der Waals surface area contributed by atoms with Crippen LogP contribution in [0.1, 0.15) is 0 Å². The minimum absolute atomic E-state index is 0. The summed E-state index contributed by atoms with van der Waals surface area (Å²) in [6.45, 7) is 0. The number of rotatable bonds is 7. The molecule has 0 rings (SSSR count). The monoisotopic (exact) mass is 302 g/mol. The van der Waals surface area contributed by atoms with Gasteiger partial charge in [-0.15, -0.1) is 0 Å². The van der Waals surface area contributed by atoms with Crippen LogP contribution in [0.5, 0.6) is 0 Å². The third kappa shape index (κ3) is 9.13. The predicted octanol–water partition coefficient (Wildman–Crippen LogP) is -3.48. The van der Waals surface area contributed by atoms with Gasteiger partial charge in [0.15, 0.2) is 0 Å². The van der Waals surface area contributed by atoms with E-state index in [1.165, 1.54) is 0 Å². The van der Waals surface area contributed by atoms with Crippen molar-refractivity contribution in [2.45, 2.75) is 12.1 Å². The number of nitrogens with two attached hydrogens (primary N) is 2. The van der Waals surface area contributed by atoms with E-state index in [9.17, 15) is 19.8 Å². The van der Waals surface area contributed by atoms with E-state index in [-0.39, 0.29) is 31.0 Å². The number of carboxylic acid groups (broad SMARTS) is 2. The second-order valence-electron chi connectivity index (χ2n) is 2.42. The predicted molar refractivity (Wildman–Crippen MR) is 50.9 cm³/mol. The van der Waals surface area contributed by atoms with E-state index in [0.29, 0.717) is 0 Å². The second-order valence-corrected chi connectivity index (χ2v) is 4.97. The molecule has 0 heterocycles. The zero-order valence-corrected chi connectivity index (χ0v) is 12.5. The molecule has 0 aliphatic heterocycles. The second kappa shape index (κ2) is 9.41. The average molecular weight is 304 g/mol. The van der Waals surface area contributed by atoms with Gasteiger partial charge in [0.05, 0.1) is 24.0 Å². The summed E-state index contributed by atoms with van der Waals surface area (Å²) in [5.74, 6) is -2.37. The van der Waals surface area contributed by atoms with Gasteiger partial charge in [-0.25, -0.2) is 0 Å². The van der Waals surface area contributed by atoms with Crippen molar-refractivity contribution >= 4 is 33.5 Å². The first kappa shape index (κ1) is 17.6. The summed E-state index contributed by atoms with van der Waals surface area (Å²) in [7, 11) is 2.27. The smallest absolute Gasteiger partial charge is 0.548 e. The molecule has 0 amide bonds. The Morgan fingerprint density at radius 2 is 1.27 bits per heavy atom. The molecule has 0 aromatic carbocycles. The van der Waals surface area contributed by atoms with Gasteiger partial charge in [-0.1, -0.05) is 21.6 Å². The van der Waals surface area contributed by atoms with E-state index in [4.69, 9.17) is 11.5 Å². The van der Waals surface area contributed by atoms with Crippen LogP contribution in [-0.4, -0.2) is 35.5 Å². The fraction of sp³-hybridized carbons (Fsp3) is 0.667. The first-order valence-electron chi connectivity index (χ1n) is 3.62. The topological polar surface area (TPSA) is 132 Å². The summed E-state index contributed by atoms with van der Waals surface area (Å²) in [6.07, 6.45) is 0. The number of carbonyl (C=O) groups excluding carboxylic acids is 2. The van der Waals surface area contributed by atoms with Crippen molar-refractivity contribution in [3.63, 3.8) is 0 Å². The maximum atomic E-state index is 10.1. The van der Waals surface area contributed by atoms with E-state index < -0.39 is 24.0 Å². The Bertz CT molecular complexity index is 197. The first-order valence-corrected chi connectivity index (χ1v) is 6.11. The molecular formula is C6H10N2O4S2Zn. The molecule has 0 aromatic rings. The van der Waals surface area contributed by atoms with Gasteiger partial charge in [0.25, 0.3) is 0 Å². The Balaban J connectivity index is 0. The largest absolute Gasteiger partial charge is 2.00 e. The van der Waals surface area contributed by atoms with Gasteiger partial charge in [0, 0.05) is 11.5 Å². The molecule has 6 nitrogen and oxygen atoms in total. The third-order valence-electron chi connectivity index (χ3n) is 1.18. The normalized spacial score (nSPS) is 13.7. The van der Waals surface area contributed by atoms with Crippen molar-refractivity contribution < 1.29 is 39.3 Å². The van der Waals surface area contributed by atoms with E-state index in [0.717, 1.165) is 21.6 Å². The number of hydrogen-bond acceptors (Lipinski definition) is 8. The zero-order chi connectivity index (χ0) is 11.1. The molecule has 4 N–H and O–H groups in total. The standard InChI is InChI=1S/C6H12N2O4S2.Zn/c7-3(5(9)10)1-13-14-2-4(8)6(11)12;/h3-4H,1-2,7-8H2,(H,9,10)(H,11,12);/q;+2/p-2/t3-,4?;/m0./s1. The molecule has 0 bridgehead atoms. The summed E-state index contributed by atoms with van der Waals surface area (Å²) in [5.41, 5.74) is 10.3. The SMILES string of the molecule is NC(CSSC[C@H](N)C(=O)[O-])C(=O)[O-].[Zn+2]. The fourth-order valence-electron chi connectivity index (χ4n) is 0.379. The molecule has 0 fully saturated rings. The summed E-state index contributed by atoms with van der Waals surface area (Å²) >= 11 is 0. The van der Waals surface area contributed by atoms with E-state index >= 15 is 0 Å². The summed E-state index contributed by atoms with van der Waals surface area (Å²) in [5, 5.41) is 20.3. The van der Waals surface area contributed by atoms with Crippen LogP contribution in [0, 0.1) is 0 Å². The average Bonchev–Trinajstić information content (AvgIpc) is 2.11. The molecule has 0 radical (unpaired) electrons. The van der Waals surface area contributed by atoms with Gasteiger partial charge in [-0.3, -0.25) is 0 Å². The van der Waals surface area contributed by atoms with Crippen molar-refractivity contribution in [3.05, 3.63) is 0 Å². The van der Waals surface area contributed by atoms with Crippen molar-refractivity contribution in [3.8, 4) is 0 Å². The van der Waals surface area contributed by atoms with E-state index in [1.807, 2.05) is 0 Å². The van der Waals surface area contributed by atoms with Gasteiger partial charge >= 0.3 is 19.5 Å². The Morgan fingerprint density at radius 3 is 1.47 bits per heavy atom. The molecule has 1 unspecified atom stereocenters. The molecule has 0 aliphatic rings. The van der Waals surface area contributed by atoms with Crippen molar-refractivity contribution in [1.29, 1.82) is 0 Å². The maximum Gasteiger partial charge on any atom is 2.00 e. The Kier molecular flexibility index (Phi) is 11.0. The Hall–Kier alpha value is 0.183. The van der Waals surface area contributed by atoms with Crippen LogP contribution >= 0.6 is 21.6 Å². The van der Waals surface area contributed by atoms with Crippen LogP contribution in [-0.2, 0) is 29.1 Å². The van der Waals surface area contributed by atoms with E-state index in [2.05, 4.69) is 0 Å². The summed E-state index contributed by atoms with van der Waals surface area (Å²) < 4.78 is 0. The molecule has 0 saturated carbocycles. The Morgan fingerprint density at radius 1 is 1.00 bits per heavy atom. The minimum Gasteiger partial charge on any atom is -0.548 e. The number of carboxylic acids is 2. The van der Waals surface area contributed by atoms with Gasteiger partial charge < -0.3 is 31.3 Å². The molecule has 2 atom stereocenters. The van der Waals surface area contributed by atoms with Crippen molar-refractivity contribution in [2.75, 3.05) is 11.5 Å². The van der Waals surface area contributed by atoms with Crippen LogP contribution in [0.15, 0.2) is 0 Å². The van der Waals surface area contributed by atoms with E-state index in [1.54, 1.807) is 0 Å². The van der Waals surface area contributed by atoms with Gasteiger partial charge in [0.1, 0.15) is 0 Å². The summed E-state index contributed by atoms with van der Waals surface area (Å²) in [4.78, 5) is 20.3. The number of hydrogen-bond donors (Lipinski definition) is 2. The van der Waals surface area contributed by atoms with Gasteiger partial charge in [-0.2, -0.15) is 0 Å². The molecular weight excluding hydrogens is 294 g/mol. The zero-order valence-electron chi connectivity index (χ0n) is 7.88. The maximum absolute atomic E-state index is 10.1. The number of carbonyl (C=O) groups is 2. The van der Waals surface area contributed by atoms with Crippen LogP contribution in [0.3, 0.4) is 0 Å². The third-order valence-corrected chi connectivity index (χ3v) is 3.66. The van der Waals surface area contributed by atoms with Crippen LogP contribution in [0.25, 0.3) is 0 Å². The minimum atomic E-state index is -1.33. The molecule has 82 valence electrons. The molecule has 0 saturated heterocycles. The molecule has 15 heavy (non-hydrogen) atoms. The fourth-order valence-corrected chi connectivity index (χ4v) is 2.59. The summed E-state index contributed by atoms with van der Waals surface area (Å²) in [6, 6.07) is -2.10. The Labute approximate surface area is 108 Å². The molecule has 0 aromatic heterocycles. The van der Waals surface area contributed by atoms with Gasteiger partial charge in [0.2, 0.25) is 0 Å². The van der Waals surface area contributed by atoms with Gasteiger partial charge in [-0.05, 0) is 0 Å². The molecule has 9 heteroatoms. The number of aliphatic carboxylic acids is 2. The quantitative estimate of drug-likeness (QED) is 0.281. The first-order chi connectivity index (χ1) is 6.45.